The normalized spacial score (nSPS) is 20.7. The first-order valence-electron chi connectivity index (χ1n) is 12.0. The van der Waals surface area contributed by atoms with E-state index in [1.807, 2.05) is 73.8 Å². The number of piperazine rings is 1. The van der Waals surface area contributed by atoms with Crippen molar-refractivity contribution in [3.8, 4) is 0 Å². The highest BCUT2D eigenvalue weighted by Gasteiger charge is 2.50. The summed E-state index contributed by atoms with van der Waals surface area (Å²) < 4.78 is 0. The molecule has 2 heterocycles. The highest BCUT2D eigenvalue weighted by atomic mass is 32.2. The van der Waals surface area contributed by atoms with Crippen LogP contribution in [0.15, 0.2) is 60.7 Å². The van der Waals surface area contributed by atoms with Gasteiger partial charge in [-0.15, -0.1) is 0 Å². The van der Waals surface area contributed by atoms with E-state index in [4.69, 9.17) is 0 Å². The van der Waals surface area contributed by atoms with Gasteiger partial charge in [0.2, 0.25) is 11.8 Å². The summed E-state index contributed by atoms with van der Waals surface area (Å²) in [4.78, 5) is 43.8. The number of thioether (sulfide) groups is 1. The monoisotopic (exact) mass is 495 g/mol. The minimum atomic E-state index is -0.583. The minimum absolute atomic E-state index is 0.0536. The van der Waals surface area contributed by atoms with Crippen LogP contribution in [0.25, 0.3) is 0 Å². The van der Waals surface area contributed by atoms with Crippen LogP contribution in [0.5, 0.6) is 0 Å². The summed E-state index contributed by atoms with van der Waals surface area (Å²) in [5.41, 5.74) is 2.02. The van der Waals surface area contributed by atoms with Crippen molar-refractivity contribution in [1.82, 2.24) is 25.1 Å². The van der Waals surface area contributed by atoms with Gasteiger partial charge >= 0.3 is 6.03 Å². The number of hydrogen-bond donors (Lipinski definition) is 1. The third-order valence-electron chi connectivity index (χ3n) is 6.50. The van der Waals surface area contributed by atoms with Gasteiger partial charge in [0.15, 0.2) is 0 Å². The summed E-state index contributed by atoms with van der Waals surface area (Å²) >= 11 is 1.65. The van der Waals surface area contributed by atoms with E-state index in [9.17, 15) is 14.4 Å². The molecule has 35 heavy (non-hydrogen) atoms. The largest absolute Gasteiger partial charge is 0.334 e. The van der Waals surface area contributed by atoms with Crippen LogP contribution in [0, 0.1) is 0 Å². The van der Waals surface area contributed by atoms with Crippen LogP contribution in [-0.4, -0.2) is 81.5 Å². The van der Waals surface area contributed by atoms with Crippen molar-refractivity contribution in [2.75, 3.05) is 31.6 Å². The number of rotatable bonds is 8. The summed E-state index contributed by atoms with van der Waals surface area (Å²) in [5.74, 6) is 0.592. The van der Waals surface area contributed by atoms with Crippen LogP contribution >= 0.6 is 11.8 Å². The fraction of sp³-hybridized carbons (Fsp3) is 0.423. The number of carbonyl (C=O) groups is 3. The summed E-state index contributed by atoms with van der Waals surface area (Å²) in [6.07, 6.45) is 1.99. The first-order valence-corrected chi connectivity index (χ1v) is 13.4. The van der Waals surface area contributed by atoms with E-state index in [0.29, 0.717) is 26.1 Å². The van der Waals surface area contributed by atoms with Crippen LogP contribution in [0.1, 0.15) is 24.5 Å². The van der Waals surface area contributed by atoms with E-state index in [2.05, 4.69) is 5.32 Å². The fourth-order valence-electron chi connectivity index (χ4n) is 4.77. The van der Waals surface area contributed by atoms with Crippen LogP contribution < -0.4 is 5.32 Å². The van der Waals surface area contributed by atoms with Crippen molar-refractivity contribution in [2.24, 2.45) is 0 Å². The number of benzene rings is 2. The van der Waals surface area contributed by atoms with Gasteiger partial charge in [0.05, 0.1) is 13.1 Å². The van der Waals surface area contributed by atoms with E-state index in [0.717, 1.165) is 16.9 Å². The maximum absolute atomic E-state index is 13.6. The lowest BCUT2D eigenvalue weighted by Gasteiger charge is -2.55. The lowest BCUT2D eigenvalue weighted by molar-refractivity contribution is -0.190. The van der Waals surface area contributed by atoms with Crippen molar-refractivity contribution in [3.05, 3.63) is 71.8 Å². The molecule has 0 unspecified atom stereocenters. The number of nitrogens with one attached hydrogen (secondary N) is 1. The molecule has 8 nitrogen and oxygen atoms in total. The Hall–Kier alpha value is -3.04. The molecule has 9 heteroatoms. The lowest BCUT2D eigenvalue weighted by Crippen LogP contribution is -2.76. The SMILES string of the molecule is CCN1CC(=O)N2[C@@H](CCSC)C(=O)N(Cc3ccccc3)C[C@@H]2N1C(=O)NCc1ccccc1. The Morgan fingerprint density at radius 1 is 1.03 bits per heavy atom. The number of amides is 4. The molecular formula is C26H33N5O3S. The molecule has 2 aromatic carbocycles. The molecule has 0 aromatic heterocycles. The Morgan fingerprint density at radius 3 is 2.31 bits per heavy atom. The van der Waals surface area contributed by atoms with Crippen molar-refractivity contribution < 1.29 is 14.4 Å². The Bertz CT molecular complexity index is 1020. The van der Waals surface area contributed by atoms with E-state index in [1.54, 1.807) is 31.6 Å². The number of urea groups is 1. The predicted octanol–water partition coefficient (Wildman–Crippen LogP) is 2.77. The van der Waals surface area contributed by atoms with Crippen molar-refractivity contribution in [2.45, 2.75) is 38.6 Å². The number of likely N-dealkylation sites (N-methyl/N-ethyl adjacent to an activating group) is 1. The second-order valence-corrected chi connectivity index (χ2v) is 9.74. The number of nitrogens with zero attached hydrogens (tertiary/aromatic N) is 4. The number of hydrogen-bond acceptors (Lipinski definition) is 5. The minimum Gasteiger partial charge on any atom is -0.333 e. The molecule has 0 saturated carbocycles. The highest BCUT2D eigenvalue weighted by molar-refractivity contribution is 7.98. The molecule has 1 N–H and O–H groups in total. The van der Waals surface area contributed by atoms with Gasteiger partial charge in [-0.2, -0.15) is 11.8 Å². The zero-order valence-electron chi connectivity index (χ0n) is 20.3. The molecule has 0 spiro atoms. The first-order chi connectivity index (χ1) is 17.0. The van der Waals surface area contributed by atoms with E-state index >= 15 is 0 Å². The van der Waals surface area contributed by atoms with Gasteiger partial charge in [-0.3, -0.25) is 9.59 Å². The van der Waals surface area contributed by atoms with Gasteiger partial charge < -0.3 is 15.1 Å². The first kappa shape index (κ1) is 25.1. The van der Waals surface area contributed by atoms with Crippen molar-refractivity contribution in [3.63, 3.8) is 0 Å². The zero-order chi connectivity index (χ0) is 24.8. The van der Waals surface area contributed by atoms with E-state index in [-0.39, 0.29) is 30.9 Å². The third-order valence-corrected chi connectivity index (χ3v) is 7.15. The molecule has 186 valence electrons. The average Bonchev–Trinajstić information content (AvgIpc) is 2.88. The van der Waals surface area contributed by atoms with Gasteiger partial charge in [0.1, 0.15) is 12.2 Å². The summed E-state index contributed by atoms with van der Waals surface area (Å²) in [5, 5.41) is 6.45. The lowest BCUT2D eigenvalue weighted by atomic mass is 10.0. The van der Waals surface area contributed by atoms with Gasteiger partial charge in [0, 0.05) is 19.6 Å². The Morgan fingerprint density at radius 2 is 1.69 bits per heavy atom. The van der Waals surface area contributed by atoms with Crippen molar-refractivity contribution >= 4 is 29.6 Å². The Labute approximate surface area is 211 Å². The van der Waals surface area contributed by atoms with Crippen LogP contribution in [0.4, 0.5) is 4.79 Å². The molecule has 0 bridgehead atoms. The second-order valence-electron chi connectivity index (χ2n) is 8.75. The second kappa shape index (κ2) is 11.6. The van der Waals surface area contributed by atoms with E-state index in [1.165, 1.54) is 0 Å². The molecule has 2 fully saturated rings. The quantitative estimate of drug-likeness (QED) is 0.610. The van der Waals surface area contributed by atoms with Crippen molar-refractivity contribution in [1.29, 1.82) is 0 Å². The molecule has 2 aliphatic rings. The molecule has 2 aliphatic heterocycles. The number of carbonyl (C=O) groups excluding carboxylic acids is 3. The Balaban J connectivity index is 1.62. The number of hydrazine groups is 1. The standard InChI is InChI=1S/C26H33N5O3S/c1-3-29-19-24(32)30-22(14-15-35-2)25(33)28(17-21-12-8-5-9-13-21)18-23(30)31(29)26(34)27-16-20-10-6-4-7-11-20/h4-13,22-23H,3,14-19H2,1-2H3,(H,27,34)/t22-,23-/m0/s1. The van der Waals surface area contributed by atoms with Gasteiger partial charge in [0.25, 0.3) is 0 Å². The van der Waals surface area contributed by atoms with Crippen LogP contribution in [0.3, 0.4) is 0 Å². The van der Waals surface area contributed by atoms with Crippen LogP contribution in [0.2, 0.25) is 0 Å². The van der Waals surface area contributed by atoms with E-state index < -0.39 is 12.2 Å². The molecule has 2 atom stereocenters. The Kier molecular flexibility index (Phi) is 8.30. The predicted molar refractivity (Wildman–Crippen MR) is 137 cm³/mol. The van der Waals surface area contributed by atoms with Crippen LogP contribution in [-0.2, 0) is 22.7 Å². The highest BCUT2D eigenvalue weighted by Crippen LogP contribution is 2.29. The maximum Gasteiger partial charge on any atom is 0.334 e. The van der Waals surface area contributed by atoms with Gasteiger partial charge in [-0.05, 0) is 29.6 Å². The summed E-state index contributed by atoms with van der Waals surface area (Å²) in [6.45, 7) is 3.62. The molecule has 2 aromatic rings. The maximum atomic E-state index is 13.6. The number of fused-ring (bicyclic) bond motifs is 1. The summed E-state index contributed by atoms with van der Waals surface area (Å²) in [6, 6.07) is 18.7. The molecule has 2 saturated heterocycles. The smallest absolute Gasteiger partial charge is 0.333 e. The fourth-order valence-corrected chi connectivity index (χ4v) is 5.23. The van der Waals surface area contributed by atoms with Gasteiger partial charge in [-0.1, -0.05) is 67.6 Å². The average molecular weight is 496 g/mol. The molecule has 0 aliphatic carbocycles. The molecular weight excluding hydrogens is 462 g/mol. The zero-order valence-corrected chi connectivity index (χ0v) is 21.1. The molecule has 4 rings (SSSR count). The molecule has 0 radical (unpaired) electrons. The topological polar surface area (TPSA) is 76.2 Å². The third kappa shape index (κ3) is 5.62. The summed E-state index contributed by atoms with van der Waals surface area (Å²) in [7, 11) is 0. The molecule has 4 amide bonds. The van der Waals surface area contributed by atoms with Gasteiger partial charge in [-0.25, -0.2) is 14.8 Å².